The van der Waals surface area contributed by atoms with Crippen LogP contribution in [0.25, 0.3) is 5.57 Å². The molecule has 8 rings (SSSR count). The average Bonchev–Trinajstić information content (AvgIpc) is 3.71. The van der Waals surface area contributed by atoms with E-state index < -0.39 is 15.8 Å². The van der Waals surface area contributed by atoms with Crippen molar-refractivity contribution in [3.63, 3.8) is 0 Å². The van der Waals surface area contributed by atoms with Crippen molar-refractivity contribution < 1.29 is 23.1 Å². The Morgan fingerprint density at radius 3 is 2.29 bits per heavy atom. The molecule has 5 aliphatic carbocycles. The van der Waals surface area contributed by atoms with Gasteiger partial charge in [-0.05, 0) is 146 Å². The molecule has 11 atom stereocenters. The number of carbonyl (C=O) groups excluding carboxylic acids is 1. The van der Waals surface area contributed by atoms with Gasteiger partial charge in [-0.15, -0.1) is 0 Å². The van der Waals surface area contributed by atoms with Crippen LogP contribution in [0.5, 0.6) is 0 Å². The maximum Gasteiger partial charge on any atom is 0.335 e. The lowest BCUT2D eigenvalue weighted by Gasteiger charge is -2.72. The second-order valence-electron chi connectivity index (χ2n) is 19.6. The van der Waals surface area contributed by atoms with Crippen molar-refractivity contribution in [1.29, 1.82) is 0 Å². The summed E-state index contributed by atoms with van der Waals surface area (Å²) in [7, 11) is -2.99. The summed E-state index contributed by atoms with van der Waals surface area (Å²) in [4.78, 5) is 27.6. The van der Waals surface area contributed by atoms with Crippen LogP contribution in [0.4, 0.5) is 0 Å². The molecule has 7 aliphatic rings. The highest BCUT2D eigenvalue weighted by atomic mass is 32.2. The standard InChI is InChI=1S/C43H60N2O5S/c1-26(2)31-14-19-43(44-36(46)24-45-23-30-22-29(45)25-51(30,49)50)21-20-41(6)33(37(31)43)12-13-35-40(5)17-15-32(27-8-10-28(11-9-27)38(47)48)39(3,4)34(40)16-18-42(35,41)7/h8-11,15,29-31,33-35,37H,1,12-14,16-25H2,2-7H3,(H,44,46)(H,47,48)/t29?,30-,31-,33+,34-,35+,37+,40-,41+,42+,43-/m0/s1. The quantitative estimate of drug-likeness (QED) is 0.292. The summed E-state index contributed by atoms with van der Waals surface area (Å²) in [5, 5.41) is 12.9. The molecule has 1 unspecified atom stereocenters. The summed E-state index contributed by atoms with van der Waals surface area (Å²) in [5.74, 6) is 1.82. The van der Waals surface area contributed by atoms with Gasteiger partial charge in [-0.2, -0.15) is 0 Å². The van der Waals surface area contributed by atoms with Crippen LogP contribution in [0.2, 0.25) is 0 Å². The van der Waals surface area contributed by atoms with Gasteiger partial charge in [0, 0.05) is 18.1 Å². The number of carboxylic acid groups (broad SMARTS) is 1. The summed E-state index contributed by atoms with van der Waals surface area (Å²) in [6, 6.07) is 7.49. The molecule has 2 heterocycles. The molecule has 7 nitrogen and oxygen atoms in total. The summed E-state index contributed by atoms with van der Waals surface area (Å²) in [6.45, 7) is 20.3. The number of hydrogen-bond donors (Lipinski definition) is 2. The lowest BCUT2D eigenvalue weighted by molar-refractivity contribution is -0.219. The zero-order valence-electron chi connectivity index (χ0n) is 31.8. The minimum absolute atomic E-state index is 0.0136. The molecular formula is C43H60N2O5S. The van der Waals surface area contributed by atoms with Crippen LogP contribution >= 0.6 is 0 Å². The fourth-order valence-electron chi connectivity index (χ4n) is 14.7. The third kappa shape index (κ3) is 4.99. The third-order valence-corrected chi connectivity index (χ3v) is 19.5. The number of hydrogen-bond acceptors (Lipinski definition) is 5. The van der Waals surface area contributed by atoms with Crippen LogP contribution < -0.4 is 5.32 Å². The molecule has 4 saturated carbocycles. The van der Waals surface area contributed by atoms with E-state index in [4.69, 9.17) is 0 Å². The van der Waals surface area contributed by atoms with Gasteiger partial charge in [0.15, 0.2) is 9.84 Å². The predicted molar refractivity (Wildman–Crippen MR) is 202 cm³/mol. The predicted octanol–water partition coefficient (Wildman–Crippen LogP) is 7.78. The number of nitrogens with one attached hydrogen (secondary N) is 1. The minimum Gasteiger partial charge on any atom is -0.478 e. The fraction of sp³-hybridized carbons (Fsp3) is 0.721. The van der Waals surface area contributed by atoms with Crippen LogP contribution in [-0.4, -0.2) is 66.0 Å². The monoisotopic (exact) mass is 716 g/mol. The average molecular weight is 717 g/mol. The third-order valence-electron chi connectivity index (χ3n) is 17.2. The number of rotatable bonds is 6. The number of sulfone groups is 1. The highest BCUT2D eigenvalue weighted by Gasteiger charge is 2.70. The molecule has 0 aromatic heterocycles. The van der Waals surface area contributed by atoms with Crippen LogP contribution in [0.3, 0.4) is 0 Å². The van der Waals surface area contributed by atoms with Gasteiger partial charge in [0.2, 0.25) is 5.91 Å². The van der Waals surface area contributed by atoms with Crippen LogP contribution in [0.15, 0.2) is 42.5 Å². The van der Waals surface area contributed by atoms with E-state index in [0.717, 1.165) is 37.7 Å². The molecule has 51 heavy (non-hydrogen) atoms. The Bertz CT molecular complexity index is 1800. The SMILES string of the molecule is C=C(C)[C@@H]1CC[C@]2(NC(=O)CN3C[C@@H]4CC3CS4(=O)=O)CC[C@]3(C)[C@H](CC[C@@H]4[C@@]5(C)CC=C(c6ccc(C(=O)O)cc6)C(C)(C)[C@@H]5CC[C@]43C)[C@@H]12. The number of aromatic carboxylic acids is 1. The van der Waals surface area contributed by atoms with Gasteiger partial charge in [-0.25, -0.2) is 13.2 Å². The summed E-state index contributed by atoms with van der Waals surface area (Å²) >= 11 is 0. The van der Waals surface area contributed by atoms with E-state index in [1.807, 2.05) is 12.1 Å². The Morgan fingerprint density at radius 2 is 1.67 bits per heavy atom. The number of carbonyl (C=O) groups is 2. The van der Waals surface area contributed by atoms with Gasteiger partial charge in [-0.1, -0.05) is 65.0 Å². The van der Waals surface area contributed by atoms with Gasteiger partial charge < -0.3 is 10.4 Å². The molecule has 6 fully saturated rings. The minimum atomic E-state index is -2.99. The Balaban J connectivity index is 1.07. The zero-order valence-corrected chi connectivity index (χ0v) is 32.6. The molecule has 1 aromatic rings. The van der Waals surface area contributed by atoms with Crippen molar-refractivity contribution >= 4 is 27.3 Å². The number of likely N-dealkylation sites (tertiary alicyclic amines) is 1. The largest absolute Gasteiger partial charge is 0.478 e. The first-order chi connectivity index (χ1) is 23.9. The second kappa shape index (κ2) is 11.5. The number of amides is 1. The smallest absolute Gasteiger partial charge is 0.335 e. The van der Waals surface area contributed by atoms with E-state index in [2.05, 4.69) is 64.4 Å². The van der Waals surface area contributed by atoms with Crippen molar-refractivity contribution in [2.45, 2.75) is 123 Å². The zero-order chi connectivity index (χ0) is 36.5. The molecule has 8 heteroatoms. The second-order valence-corrected chi connectivity index (χ2v) is 21.9. The van der Waals surface area contributed by atoms with Crippen LogP contribution in [0, 0.1) is 51.2 Å². The van der Waals surface area contributed by atoms with Gasteiger partial charge in [0.25, 0.3) is 0 Å². The lowest BCUT2D eigenvalue weighted by Crippen LogP contribution is -2.68. The van der Waals surface area contributed by atoms with Crippen LogP contribution in [-0.2, 0) is 14.6 Å². The van der Waals surface area contributed by atoms with E-state index in [1.165, 1.54) is 36.8 Å². The maximum atomic E-state index is 13.9. The highest BCUT2D eigenvalue weighted by Crippen LogP contribution is 2.76. The van der Waals surface area contributed by atoms with E-state index in [-0.39, 0.29) is 50.2 Å². The lowest BCUT2D eigenvalue weighted by atomic mass is 9.33. The molecule has 0 radical (unpaired) electrons. The van der Waals surface area contributed by atoms with Crippen molar-refractivity contribution in [2.24, 2.45) is 51.2 Å². The summed E-state index contributed by atoms with van der Waals surface area (Å²) < 4.78 is 24.8. The topological polar surface area (TPSA) is 104 Å². The first-order valence-corrected chi connectivity index (χ1v) is 21.5. The molecule has 2 aliphatic heterocycles. The number of carboxylic acids is 1. The van der Waals surface area contributed by atoms with Gasteiger partial charge >= 0.3 is 5.97 Å². The highest BCUT2D eigenvalue weighted by molar-refractivity contribution is 7.92. The van der Waals surface area contributed by atoms with Crippen molar-refractivity contribution in [1.82, 2.24) is 10.2 Å². The molecule has 2 N–H and O–H groups in total. The number of fused-ring (bicyclic) bond motifs is 9. The Morgan fingerprint density at radius 1 is 0.941 bits per heavy atom. The van der Waals surface area contributed by atoms with E-state index >= 15 is 0 Å². The van der Waals surface area contributed by atoms with Gasteiger partial charge in [0.1, 0.15) is 0 Å². The van der Waals surface area contributed by atoms with E-state index in [0.29, 0.717) is 54.7 Å². The van der Waals surface area contributed by atoms with Crippen molar-refractivity contribution in [3.8, 4) is 0 Å². The normalized spacial score (nSPS) is 44.7. The molecule has 1 amide bonds. The first kappa shape index (κ1) is 35.6. The van der Waals surface area contributed by atoms with E-state index in [9.17, 15) is 23.1 Å². The number of allylic oxidation sites excluding steroid dienone is 3. The number of benzene rings is 1. The molecule has 2 saturated heterocycles. The van der Waals surface area contributed by atoms with Crippen molar-refractivity contribution in [3.05, 3.63) is 53.6 Å². The summed E-state index contributed by atoms with van der Waals surface area (Å²) in [6.07, 6.45) is 13.2. The summed E-state index contributed by atoms with van der Waals surface area (Å²) in [5.41, 5.74) is 4.36. The van der Waals surface area contributed by atoms with Gasteiger partial charge in [0.05, 0.1) is 23.1 Å². The molecule has 2 bridgehead atoms. The Labute approximate surface area is 306 Å². The number of nitrogens with zero attached hydrogens (tertiary/aromatic N) is 1. The van der Waals surface area contributed by atoms with Gasteiger partial charge in [-0.3, -0.25) is 9.69 Å². The molecule has 1 aromatic carbocycles. The molecule has 0 spiro atoms. The van der Waals surface area contributed by atoms with Crippen molar-refractivity contribution in [2.75, 3.05) is 18.8 Å². The fourth-order valence-corrected chi connectivity index (χ4v) is 16.8. The maximum absolute atomic E-state index is 13.9. The van der Waals surface area contributed by atoms with E-state index in [1.54, 1.807) is 12.1 Å². The van der Waals surface area contributed by atoms with Crippen LogP contribution in [0.1, 0.15) is 122 Å². The Kier molecular flexibility index (Phi) is 8.04. The molecular weight excluding hydrogens is 657 g/mol. The first-order valence-electron chi connectivity index (χ1n) is 19.8. The Hall–Kier alpha value is -2.45. The molecule has 278 valence electrons.